The highest BCUT2D eigenvalue weighted by atomic mass is 16.4. The first-order valence-corrected chi connectivity index (χ1v) is 7.71. The molecule has 0 aliphatic carbocycles. The van der Waals surface area contributed by atoms with Gasteiger partial charge >= 0.3 is 5.97 Å². The number of pyridine rings is 1. The molecule has 1 aliphatic rings. The first-order valence-electron chi connectivity index (χ1n) is 7.71. The van der Waals surface area contributed by atoms with E-state index in [9.17, 15) is 4.79 Å². The van der Waals surface area contributed by atoms with E-state index < -0.39 is 5.97 Å². The molecule has 0 bridgehead atoms. The summed E-state index contributed by atoms with van der Waals surface area (Å²) >= 11 is 0. The third kappa shape index (κ3) is 3.20. The van der Waals surface area contributed by atoms with Crippen molar-refractivity contribution in [1.82, 2.24) is 9.88 Å². The van der Waals surface area contributed by atoms with Crippen LogP contribution in [0.1, 0.15) is 23.2 Å². The van der Waals surface area contributed by atoms with Gasteiger partial charge in [-0.3, -0.25) is 0 Å². The summed E-state index contributed by atoms with van der Waals surface area (Å²) < 4.78 is 0. The number of carboxylic acid groups (broad SMARTS) is 1. The van der Waals surface area contributed by atoms with E-state index in [-0.39, 0.29) is 0 Å². The molecule has 1 fully saturated rings. The number of nitrogens with zero attached hydrogens (tertiary/aromatic N) is 3. The van der Waals surface area contributed by atoms with Crippen LogP contribution in [0.5, 0.6) is 0 Å². The van der Waals surface area contributed by atoms with Crippen molar-refractivity contribution in [3.8, 4) is 0 Å². The fraction of sp³-hybridized carbons (Fsp3) is 0.412. The molecule has 1 aliphatic heterocycles. The first kappa shape index (κ1) is 14.8. The number of rotatable bonds is 5. The lowest BCUT2D eigenvalue weighted by atomic mass is 10.1. The highest BCUT2D eigenvalue weighted by Crippen LogP contribution is 2.19. The van der Waals surface area contributed by atoms with Crippen LogP contribution in [-0.2, 0) is 0 Å². The summed E-state index contributed by atoms with van der Waals surface area (Å²) in [6, 6.07) is 8.94. The van der Waals surface area contributed by atoms with Crippen molar-refractivity contribution < 1.29 is 9.90 Å². The zero-order valence-corrected chi connectivity index (χ0v) is 12.8. The van der Waals surface area contributed by atoms with Gasteiger partial charge in [0.25, 0.3) is 0 Å². The first-order chi connectivity index (χ1) is 10.6. The molecule has 0 unspecified atom stereocenters. The van der Waals surface area contributed by atoms with E-state index in [0.29, 0.717) is 5.56 Å². The molecule has 0 spiro atoms. The number of carboxylic acids is 1. The van der Waals surface area contributed by atoms with Crippen LogP contribution in [0.3, 0.4) is 0 Å². The molecule has 1 saturated heterocycles. The Morgan fingerprint density at radius 2 is 2.05 bits per heavy atom. The maximum absolute atomic E-state index is 11.0. The SMILES string of the molecule is CN(CCN1CCCC1)c1ccc2cc(C(=O)O)ccc2n1. The molecule has 0 saturated carbocycles. The Morgan fingerprint density at radius 1 is 1.27 bits per heavy atom. The highest BCUT2D eigenvalue weighted by Gasteiger charge is 2.12. The summed E-state index contributed by atoms with van der Waals surface area (Å²) in [6.07, 6.45) is 2.62. The van der Waals surface area contributed by atoms with Gasteiger partial charge in [-0.05, 0) is 56.3 Å². The average molecular weight is 299 g/mol. The second-order valence-electron chi connectivity index (χ2n) is 5.85. The Kier molecular flexibility index (Phi) is 4.24. The topological polar surface area (TPSA) is 56.7 Å². The van der Waals surface area contributed by atoms with Gasteiger partial charge in [0, 0.05) is 25.5 Å². The predicted molar refractivity (Wildman–Crippen MR) is 87.6 cm³/mol. The van der Waals surface area contributed by atoms with Crippen LogP contribution in [0, 0.1) is 0 Å². The Labute approximate surface area is 130 Å². The number of hydrogen-bond donors (Lipinski definition) is 1. The van der Waals surface area contributed by atoms with Crippen molar-refractivity contribution in [3.05, 3.63) is 35.9 Å². The molecule has 0 radical (unpaired) electrons. The van der Waals surface area contributed by atoms with Gasteiger partial charge in [-0.25, -0.2) is 9.78 Å². The van der Waals surface area contributed by atoms with Crippen molar-refractivity contribution in [1.29, 1.82) is 0 Å². The van der Waals surface area contributed by atoms with Crippen molar-refractivity contribution in [2.24, 2.45) is 0 Å². The second-order valence-corrected chi connectivity index (χ2v) is 5.85. The number of likely N-dealkylation sites (N-methyl/N-ethyl adjacent to an activating group) is 1. The Bertz CT molecular complexity index is 681. The molecule has 2 aromatic rings. The van der Waals surface area contributed by atoms with Gasteiger partial charge in [0.1, 0.15) is 5.82 Å². The second kappa shape index (κ2) is 6.32. The standard InChI is InChI=1S/C17H21N3O2/c1-19(10-11-20-8-2-3-9-20)16-7-5-13-12-14(17(21)22)4-6-15(13)18-16/h4-7,12H,2-3,8-11H2,1H3,(H,21,22). The monoisotopic (exact) mass is 299 g/mol. The van der Waals surface area contributed by atoms with Gasteiger partial charge in [-0.2, -0.15) is 0 Å². The minimum absolute atomic E-state index is 0.296. The van der Waals surface area contributed by atoms with E-state index >= 15 is 0 Å². The Balaban J connectivity index is 1.73. The number of likely N-dealkylation sites (tertiary alicyclic amines) is 1. The molecule has 5 nitrogen and oxygen atoms in total. The van der Waals surface area contributed by atoms with E-state index in [1.165, 1.54) is 25.9 Å². The summed E-state index contributed by atoms with van der Waals surface area (Å²) in [6.45, 7) is 4.42. The Morgan fingerprint density at radius 3 is 2.77 bits per heavy atom. The van der Waals surface area contributed by atoms with Crippen LogP contribution in [0.15, 0.2) is 30.3 Å². The number of carbonyl (C=O) groups is 1. The van der Waals surface area contributed by atoms with E-state index in [1.807, 2.05) is 12.1 Å². The molecule has 3 rings (SSSR count). The lowest BCUT2D eigenvalue weighted by molar-refractivity contribution is 0.0697. The van der Waals surface area contributed by atoms with Gasteiger partial charge in [-0.15, -0.1) is 0 Å². The summed E-state index contributed by atoms with van der Waals surface area (Å²) in [5, 5.41) is 9.89. The van der Waals surface area contributed by atoms with Crippen molar-refractivity contribution >= 4 is 22.7 Å². The largest absolute Gasteiger partial charge is 0.478 e. The third-order valence-electron chi connectivity index (χ3n) is 4.26. The number of fused-ring (bicyclic) bond motifs is 1. The quantitative estimate of drug-likeness (QED) is 0.919. The zero-order chi connectivity index (χ0) is 15.5. The number of anilines is 1. The number of aromatic carboxylic acids is 1. The average Bonchev–Trinajstić information content (AvgIpc) is 3.05. The van der Waals surface area contributed by atoms with Gasteiger partial charge in [-0.1, -0.05) is 0 Å². The molecule has 1 aromatic heterocycles. The minimum atomic E-state index is -0.909. The zero-order valence-electron chi connectivity index (χ0n) is 12.8. The molecule has 5 heteroatoms. The van der Waals surface area contributed by atoms with Crippen LogP contribution in [-0.4, -0.2) is 54.2 Å². The van der Waals surface area contributed by atoms with Crippen LogP contribution >= 0.6 is 0 Å². The minimum Gasteiger partial charge on any atom is -0.478 e. The van der Waals surface area contributed by atoms with Gasteiger partial charge in [0.15, 0.2) is 0 Å². The van der Waals surface area contributed by atoms with Crippen molar-refractivity contribution in [2.45, 2.75) is 12.8 Å². The molecule has 1 N–H and O–H groups in total. The third-order valence-corrected chi connectivity index (χ3v) is 4.26. The summed E-state index contributed by atoms with van der Waals surface area (Å²) in [7, 11) is 2.05. The van der Waals surface area contributed by atoms with Gasteiger partial charge in [0.2, 0.25) is 0 Å². The maximum atomic E-state index is 11.0. The molecule has 2 heterocycles. The maximum Gasteiger partial charge on any atom is 0.335 e. The molecule has 116 valence electrons. The van der Waals surface area contributed by atoms with E-state index in [1.54, 1.807) is 18.2 Å². The summed E-state index contributed by atoms with van der Waals surface area (Å²) in [5.41, 5.74) is 1.12. The highest BCUT2D eigenvalue weighted by molar-refractivity contribution is 5.93. The molecular weight excluding hydrogens is 278 g/mol. The fourth-order valence-corrected chi connectivity index (χ4v) is 2.87. The number of aromatic nitrogens is 1. The summed E-state index contributed by atoms with van der Waals surface area (Å²) in [5.74, 6) is 0.0171. The van der Waals surface area contributed by atoms with E-state index in [2.05, 4.69) is 21.8 Å². The lowest BCUT2D eigenvalue weighted by Crippen LogP contribution is -2.31. The van der Waals surface area contributed by atoms with Crippen LogP contribution in [0.4, 0.5) is 5.82 Å². The smallest absolute Gasteiger partial charge is 0.335 e. The Hall–Kier alpha value is -2.14. The van der Waals surface area contributed by atoms with Crippen molar-refractivity contribution in [2.75, 3.05) is 38.1 Å². The number of hydrogen-bond acceptors (Lipinski definition) is 4. The summed E-state index contributed by atoms with van der Waals surface area (Å²) in [4.78, 5) is 20.3. The molecule has 1 aromatic carbocycles. The number of benzene rings is 1. The van der Waals surface area contributed by atoms with Crippen molar-refractivity contribution in [3.63, 3.8) is 0 Å². The fourth-order valence-electron chi connectivity index (χ4n) is 2.87. The lowest BCUT2D eigenvalue weighted by Gasteiger charge is -2.22. The molecule has 0 atom stereocenters. The van der Waals surface area contributed by atoms with Crippen LogP contribution < -0.4 is 4.90 Å². The van der Waals surface area contributed by atoms with Crippen LogP contribution in [0.25, 0.3) is 10.9 Å². The van der Waals surface area contributed by atoms with E-state index in [4.69, 9.17) is 5.11 Å². The molecule has 22 heavy (non-hydrogen) atoms. The molecular formula is C17H21N3O2. The van der Waals surface area contributed by atoms with Gasteiger partial charge in [0.05, 0.1) is 11.1 Å². The van der Waals surface area contributed by atoms with Crippen LogP contribution in [0.2, 0.25) is 0 Å². The van der Waals surface area contributed by atoms with Gasteiger partial charge < -0.3 is 14.9 Å². The molecule has 0 amide bonds. The predicted octanol–water partition coefficient (Wildman–Crippen LogP) is 2.46. The van der Waals surface area contributed by atoms with E-state index in [0.717, 1.165) is 29.8 Å². The normalized spacial score (nSPS) is 15.3.